The Kier molecular flexibility index (Phi) is 4.89. The molecule has 0 heterocycles. The van der Waals surface area contributed by atoms with Gasteiger partial charge in [0.2, 0.25) is 10.0 Å². The van der Waals surface area contributed by atoms with Crippen LogP contribution >= 0.6 is 0 Å². The van der Waals surface area contributed by atoms with Crippen molar-refractivity contribution in [1.82, 2.24) is 4.72 Å². The van der Waals surface area contributed by atoms with Gasteiger partial charge in [0, 0.05) is 6.04 Å². The minimum Gasteiger partial charge on any atom is -0.497 e. The summed E-state index contributed by atoms with van der Waals surface area (Å²) in [5.74, 6) is 0.667. The molecule has 1 atom stereocenters. The van der Waals surface area contributed by atoms with Crippen molar-refractivity contribution in [2.24, 2.45) is 0 Å². The number of hydrogen-bond donors (Lipinski definition) is 1. The molecule has 25 heavy (non-hydrogen) atoms. The van der Waals surface area contributed by atoms with Crippen LogP contribution in [0, 0.1) is 13.8 Å². The van der Waals surface area contributed by atoms with E-state index in [1.807, 2.05) is 13.0 Å². The van der Waals surface area contributed by atoms with E-state index in [2.05, 4.69) is 16.9 Å². The van der Waals surface area contributed by atoms with Crippen LogP contribution in [-0.4, -0.2) is 15.5 Å². The zero-order chi connectivity index (χ0) is 18.2. The highest BCUT2D eigenvalue weighted by Gasteiger charge is 2.24. The van der Waals surface area contributed by atoms with Crippen LogP contribution in [-0.2, 0) is 22.9 Å². The van der Waals surface area contributed by atoms with E-state index in [9.17, 15) is 8.42 Å². The predicted molar refractivity (Wildman–Crippen MR) is 99.7 cm³/mol. The first kappa shape index (κ1) is 18.0. The first-order valence-electron chi connectivity index (χ1n) is 8.61. The monoisotopic (exact) mass is 359 g/mol. The van der Waals surface area contributed by atoms with Gasteiger partial charge in [-0.1, -0.05) is 18.2 Å². The molecule has 1 aliphatic rings. The second-order valence-electron chi connectivity index (χ2n) is 6.81. The quantitative estimate of drug-likeness (QED) is 0.882. The Morgan fingerprint density at radius 1 is 1.04 bits per heavy atom. The Morgan fingerprint density at radius 3 is 2.32 bits per heavy atom. The zero-order valence-corrected chi connectivity index (χ0v) is 16.0. The molecule has 0 saturated carbocycles. The second kappa shape index (κ2) is 6.81. The van der Waals surface area contributed by atoms with Crippen molar-refractivity contribution in [2.75, 3.05) is 7.11 Å². The van der Waals surface area contributed by atoms with Gasteiger partial charge >= 0.3 is 0 Å². The molecule has 1 aliphatic carbocycles. The molecule has 0 aromatic heterocycles. The number of benzene rings is 2. The number of methoxy groups -OCH3 is 1. The van der Waals surface area contributed by atoms with Gasteiger partial charge in [-0.2, -0.15) is 0 Å². The molecule has 2 aromatic carbocycles. The van der Waals surface area contributed by atoms with Crippen LogP contribution < -0.4 is 9.46 Å². The summed E-state index contributed by atoms with van der Waals surface area (Å²) in [4.78, 5) is 0.335. The molecule has 0 saturated heterocycles. The molecule has 1 N–H and O–H groups in total. The minimum absolute atomic E-state index is 0.281. The second-order valence-corrected chi connectivity index (χ2v) is 8.47. The molecule has 5 heteroatoms. The van der Waals surface area contributed by atoms with Crippen LogP contribution in [0.5, 0.6) is 5.75 Å². The molecule has 0 amide bonds. The third kappa shape index (κ3) is 3.58. The molecule has 0 radical (unpaired) electrons. The average molecular weight is 359 g/mol. The fourth-order valence-corrected chi connectivity index (χ4v) is 5.36. The van der Waals surface area contributed by atoms with Gasteiger partial charge in [0.25, 0.3) is 0 Å². The largest absolute Gasteiger partial charge is 0.497 e. The van der Waals surface area contributed by atoms with Crippen molar-refractivity contribution < 1.29 is 13.2 Å². The summed E-state index contributed by atoms with van der Waals surface area (Å²) in [6.07, 6.45) is 3.39. The number of sulfonamides is 1. The van der Waals surface area contributed by atoms with Crippen LogP contribution in [0.1, 0.15) is 47.2 Å². The third-order valence-electron chi connectivity index (χ3n) is 4.89. The maximum atomic E-state index is 12.9. The number of hydrogen-bond acceptors (Lipinski definition) is 3. The van der Waals surface area contributed by atoms with Crippen LogP contribution in [0.25, 0.3) is 0 Å². The van der Waals surface area contributed by atoms with Gasteiger partial charge in [0.05, 0.1) is 12.0 Å². The molecule has 3 rings (SSSR count). The fourth-order valence-electron chi connectivity index (χ4n) is 3.67. The maximum absolute atomic E-state index is 12.9. The van der Waals surface area contributed by atoms with Gasteiger partial charge in [-0.05, 0) is 80.0 Å². The Hall–Kier alpha value is -1.85. The molecule has 0 fully saturated rings. The Morgan fingerprint density at radius 2 is 1.68 bits per heavy atom. The van der Waals surface area contributed by atoms with Gasteiger partial charge in [-0.25, -0.2) is 13.1 Å². The maximum Gasteiger partial charge on any atom is 0.241 e. The summed E-state index contributed by atoms with van der Waals surface area (Å²) in [6.45, 7) is 5.48. The number of ether oxygens (including phenoxy) is 1. The highest BCUT2D eigenvalue weighted by atomic mass is 32.2. The van der Waals surface area contributed by atoms with Crippen LogP contribution in [0.4, 0.5) is 0 Å². The molecule has 0 unspecified atom stereocenters. The molecular formula is C20H25NO3S. The molecular weight excluding hydrogens is 334 g/mol. The van der Waals surface area contributed by atoms with Gasteiger partial charge in [0.1, 0.15) is 5.75 Å². The van der Waals surface area contributed by atoms with Crippen molar-refractivity contribution in [3.63, 3.8) is 0 Å². The summed E-state index contributed by atoms with van der Waals surface area (Å²) < 4.78 is 33.9. The summed E-state index contributed by atoms with van der Waals surface area (Å²) in [5.41, 5.74) is 5.12. The molecule has 0 aliphatic heterocycles. The highest BCUT2D eigenvalue weighted by Crippen LogP contribution is 2.29. The average Bonchev–Trinajstić information content (AvgIpc) is 3.00. The topological polar surface area (TPSA) is 55.4 Å². The Labute approximate surface area is 150 Å². The number of fused-ring (bicyclic) bond motifs is 1. The zero-order valence-electron chi connectivity index (χ0n) is 15.2. The van der Waals surface area contributed by atoms with Crippen molar-refractivity contribution >= 4 is 10.0 Å². The van der Waals surface area contributed by atoms with E-state index < -0.39 is 10.0 Å². The first-order chi connectivity index (χ1) is 11.8. The first-order valence-corrected chi connectivity index (χ1v) is 10.1. The molecule has 0 spiro atoms. The van der Waals surface area contributed by atoms with Gasteiger partial charge in [-0.15, -0.1) is 0 Å². The number of aryl methyl sites for hydroxylation is 4. The lowest BCUT2D eigenvalue weighted by Gasteiger charge is -2.18. The molecule has 4 nitrogen and oxygen atoms in total. The number of rotatable bonds is 5. The summed E-state index contributed by atoms with van der Waals surface area (Å²) in [7, 11) is -2.03. The number of nitrogens with one attached hydrogen (secondary N) is 1. The van der Waals surface area contributed by atoms with E-state index in [0.717, 1.165) is 18.4 Å². The SMILES string of the molecule is COc1cc(C)c(S(=O)(=O)N[C@@H](C)c2ccc3c(c2)CCC3)c(C)c1. The molecule has 2 aromatic rings. The highest BCUT2D eigenvalue weighted by molar-refractivity contribution is 7.89. The smallest absolute Gasteiger partial charge is 0.241 e. The standard InChI is InChI=1S/C20H25NO3S/c1-13-10-19(24-4)11-14(2)20(13)25(22,23)21-15(3)17-9-8-16-6-5-7-18(16)12-17/h8-12,15,21H,5-7H2,1-4H3/t15-/m0/s1. The lowest BCUT2D eigenvalue weighted by atomic mass is 10.0. The van der Waals surface area contributed by atoms with Gasteiger partial charge in [-0.3, -0.25) is 0 Å². The van der Waals surface area contributed by atoms with Gasteiger partial charge < -0.3 is 4.74 Å². The van der Waals surface area contributed by atoms with E-state index in [4.69, 9.17) is 4.74 Å². The van der Waals surface area contributed by atoms with E-state index >= 15 is 0 Å². The summed E-state index contributed by atoms with van der Waals surface area (Å²) >= 11 is 0. The van der Waals surface area contributed by atoms with E-state index in [-0.39, 0.29) is 6.04 Å². The van der Waals surface area contributed by atoms with E-state index in [0.29, 0.717) is 21.8 Å². The fraction of sp³-hybridized carbons (Fsp3) is 0.400. The molecule has 0 bridgehead atoms. The van der Waals surface area contributed by atoms with Crippen LogP contribution in [0.2, 0.25) is 0 Å². The minimum atomic E-state index is -3.61. The Bertz CT molecular complexity index is 880. The van der Waals surface area contributed by atoms with Gasteiger partial charge in [0.15, 0.2) is 0 Å². The lowest BCUT2D eigenvalue weighted by molar-refractivity contribution is 0.413. The Balaban J connectivity index is 1.89. The van der Waals surface area contributed by atoms with Crippen molar-refractivity contribution in [1.29, 1.82) is 0 Å². The van der Waals surface area contributed by atoms with Crippen LogP contribution in [0.3, 0.4) is 0 Å². The van der Waals surface area contributed by atoms with E-state index in [1.165, 1.54) is 17.5 Å². The normalized spacial score (nSPS) is 15.0. The molecule has 134 valence electrons. The summed E-state index contributed by atoms with van der Waals surface area (Å²) in [6, 6.07) is 9.53. The van der Waals surface area contributed by atoms with Crippen molar-refractivity contribution in [3.05, 3.63) is 58.1 Å². The lowest BCUT2D eigenvalue weighted by Crippen LogP contribution is -2.28. The van der Waals surface area contributed by atoms with Crippen molar-refractivity contribution in [2.45, 2.75) is 51.0 Å². The van der Waals surface area contributed by atoms with E-state index in [1.54, 1.807) is 33.1 Å². The van der Waals surface area contributed by atoms with Crippen molar-refractivity contribution in [3.8, 4) is 5.75 Å². The van der Waals surface area contributed by atoms with Crippen LogP contribution in [0.15, 0.2) is 35.2 Å². The predicted octanol–water partition coefficient (Wildman–Crippen LogP) is 3.84. The third-order valence-corrected chi connectivity index (χ3v) is 6.74. The summed E-state index contributed by atoms with van der Waals surface area (Å²) in [5, 5.41) is 0.